The maximum atomic E-state index is 12.7. The zero-order chi connectivity index (χ0) is 18.5. The molecular formula is C20H20N6O. The highest BCUT2D eigenvalue weighted by molar-refractivity contribution is 5.98. The Hall–Kier alpha value is -3.22. The quantitative estimate of drug-likeness (QED) is 0.607. The SMILES string of the molecule is Cc1cc(-c2ccn3ccnc3c2)nc2c(C(=O)NC(C)C3CC3)ncn12. The van der Waals surface area contributed by atoms with Crippen LogP contribution in [0.25, 0.3) is 22.6 Å². The van der Waals surface area contributed by atoms with Crippen LogP contribution in [-0.2, 0) is 0 Å². The number of fused-ring (bicyclic) bond motifs is 2. The normalized spacial score (nSPS) is 15.3. The van der Waals surface area contributed by atoms with E-state index in [4.69, 9.17) is 4.98 Å². The number of aryl methyl sites for hydroxylation is 1. The molecule has 0 aliphatic heterocycles. The van der Waals surface area contributed by atoms with E-state index >= 15 is 0 Å². The molecule has 0 spiro atoms. The van der Waals surface area contributed by atoms with Crippen LogP contribution in [0.4, 0.5) is 0 Å². The summed E-state index contributed by atoms with van der Waals surface area (Å²) in [5, 5.41) is 3.07. The monoisotopic (exact) mass is 360 g/mol. The van der Waals surface area contributed by atoms with Crippen LogP contribution >= 0.6 is 0 Å². The zero-order valence-electron chi connectivity index (χ0n) is 15.3. The van der Waals surface area contributed by atoms with Gasteiger partial charge >= 0.3 is 0 Å². The summed E-state index contributed by atoms with van der Waals surface area (Å²) in [6.07, 6.45) is 9.66. The zero-order valence-corrected chi connectivity index (χ0v) is 15.3. The molecule has 1 N–H and O–H groups in total. The average Bonchev–Trinajstić information content (AvgIpc) is 3.25. The van der Waals surface area contributed by atoms with Crippen molar-refractivity contribution in [3.8, 4) is 11.3 Å². The number of hydrogen-bond donors (Lipinski definition) is 1. The van der Waals surface area contributed by atoms with Gasteiger partial charge in [-0.2, -0.15) is 0 Å². The molecule has 1 atom stereocenters. The summed E-state index contributed by atoms with van der Waals surface area (Å²) in [6, 6.07) is 6.15. The first kappa shape index (κ1) is 16.0. The molecule has 136 valence electrons. The van der Waals surface area contributed by atoms with Gasteiger partial charge in [0.15, 0.2) is 11.3 Å². The Kier molecular flexibility index (Phi) is 3.50. The van der Waals surface area contributed by atoms with E-state index in [-0.39, 0.29) is 11.9 Å². The molecule has 1 amide bonds. The Bertz CT molecular complexity index is 1170. The lowest BCUT2D eigenvalue weighted by Crippen LogP contribution is -2.34. The van der Waals surface area contributed by atoms with Crippen LogP contribution in [0, 0.1) is 12.8 Å². The molecule has 5 rings (SSSR count). The van der Waals surface area contributed by atoms with E-state index in [1.807, 2.05) is 46.3 Å². The minimum Gasteiger partial charge on any atom is -0.348 e. The van der Waals surface area contributed by atoms with Crippen LogP contribution in [0.5, 0.6) is 0 Å². The molecule has 1 aliphatic rings. The third kappa shape index (κ3) is 2.75. The minimum absolute atomic E-state index is 0.162. The highest BCUT2D eigenvalue weighted by atomic mass is 16.2. The molecule has 1 unspecified atom stereocenters. The van der Waals surface area contributed by atoms with E-state index in [0.29, 0.717) is 17.3 Å². The van der Waals surface area contributed by atoms with E-state index in [0.717, 1.165) is 22.6 Å². The molecule has 4 aromatic heterocycles. The average molecular weight is 360 g/mol. The maximum Gasteiger partial charge on any atom is 0.274 e. The number of nitrogens with one attached hydrogen (secondary N) is 1. The lowest BCUT2D eigenvalue weighted by molar-refractivity contribution is 0.0933. The third-order valence-electron chi connectivity index (χ3n) is 5.29. The van der Waals surface area contributed by atoms with E-state index in [9.17, 15) is 4.79 Å². The molecule has 1 aliphatic carbocycles. The number of nitrogens with zero attached hydrogens (tertiary/aromatic N) is 5. The fourth-order valence-corrected chi connectivity index (χ4v) is 3.49. The van der Waals surface area contributed by atoms with Crippen LogP contribution in [0.1, 0.15) is 35.9 Å². The standard InChI is InChI=1S/C20H20N6O/c1-12-9-16(15-5-7-25-8-6-21-17(25)10-15)24-19-18(22-11-26(12)19)20(27)23-13(2)14-3-4-14/h5-11,13-14H,3-4H2,1-2H3,(H,23,27). The summed E-state index contributed by atoms with van der Waals surface area (Å²) in [7, 11) is 0. The van der Waals surface area contributed by atoms with Crippen LogP contribution in [0.2, 0.25) is 0 Å². The first-order chi connectivity index (χ1) is 13.1. The maximum absolute atomic E-state index is 12.7. The van der Waals surface area contributed by atoms with Crippen LogP contribution in [-0.4, -0.2) is 35.7 Å². The van der Waals surface area contributed by atoms with Crippen LogP contribution in [0.15, 0.2) is 43.1 Å². The van der Waals surface area contributed by atoms with Gasteiger partial charge in [0.05, 0.1) is 5.69 Å². The van der Waals surface area contributed by atoms with E-state index in [1.165, 1.54) is 12.8 Å². The highest BCUT2D eigenvalue weighted by Gasteiger charge is 2.30. The van der Waals surface area contributed by atoms with Crippen molar-refractivity contribution < 1.29 is 4.79 Å². The number of imidazole rings is 2. The molecule has 1 saturated carbocycles. The van der Waals surface area contributed by atoms with E-state index < -0.39 is 0 Å². The molecule has 1 fully saturated rings. The molecule has 7 nitrogen and oxygen atoms in total. The number of carbonyl (C=O) groups excluding carboxylic acids is 1. The predicted octanol–water partition coefficient (Wildman–Crippen LogP) is 2.88. The lowest BCUT2D eigenvalue weighted by atomic mass is 10.1. The summed E-state index contributed by atoms with van der Waals surface area (Å²) in [5.74, 6) is 0.430. The molecule has 0 saturated heterocycles. The van der Waals surface area contributed by atoms with Crippen molar-refractivity contribution in [2.24, 2.45) is 5.92 Å². The second-order valence-corrected chi connectivity index (χ2v) is 7.28. The molecule has 4 heterocycles. The van der Waals surface area contributed by atoms with E-state index in [1.54, 1.807) is 12.5 Å². The largest absolute Gasteiger partial charge is 0.348 e. The van der Waals surface area contributed by atoms with Gasteiger partial charge in [-0.15, -0.1) is 0 Å². The van der Waals surface area contributed by atoms with Gasteiger partial charge in [-0.25, -0.2) is 15.0 Å². The smallest absolute Gasteiger partial charge is 0.274 e. The summed E-state index contributed by atoms with van der Waals surface area (Å²) in [4.78, 5) is 26.1. The molecule has 0 bridgehead atoms. The van der Waals surface area contributed by atoms with Gasteiger partial charge in [-0.3, -0.25) is 9.20 Å². The second kappa shape index (κ2) is 5.90. The summed E-state index contributed by atoms with van der Waals surface area (Å²) >= 11 is 0. The lowest BCUT2D eigenvalue weighted by Gasteiger charge is -2.12. The van der Waals surface area contributed by atoms with Gasteiger partial charge in [-0.05, 0) is 50.8 Å². The van der Waals surface area contributed by atoms with Crippen molar-refractivity contribution in [3.63, 3.8) is 0 Å². The first-order valence-corrected chi connectivity index (χ1v) is 9.19. The summed E-state index contributed by atoms with van der Waals surface area (Å²) < 4.78 is 3.81. The van der Waals surface area contributed by atoms with Crippen LogP contribution < -0.4 is 5.32 Å². The Morgan fingerprint density at radius 2 is 2.11 bits per heavy atom. The van der Waals surface area contributed by atoms with E-state index in [2.05, 4.69) is 22.2 Å². The molecule has 0 radical (unpaired) electrons. The number of carbonyl (C=O) groups is 1. The molecule has 4 aromatic rings. The van der Waals surface area contributed by atoms with Gasteiger partial charge in [0.1, 0.15) is 12.0 Å². The van der Waals surface area contributed by atoms with Gasteiger partial charge in [0.25, 0.3) is 5.91 Å². The number of hydrogen-bond acceptors (Lipinski definition) is 4. The number of rotatable bonds is 4. The topological polar surface area (TPSA) is 76.6 Å². The van der Waals surface area contributed by atoms with Crippen LogP contribution in [0.3, 0.4) is 0 Å². The van der Waals surface area contributed by atoms with Gasteiger partial charge in [0, 0.05) is 35.9 Å². The van der Waals surface area contributed by atoms with Crippen molar-refractivity contribution in [3.05, 3.63) is 54.5 Å². The van der Waals surface area contributed by atoms with Crippen molar-refractivity contribution in [2.75, 3.05) is 0 Å². The molecule has 27 heavy (non-hydrogen) atoms. The summed E-state index contributed by atoms with van der Waals surface area (Å²) in [5.41, 5.74) is 4.54. The van der Waals surface area contributed by atoms with Gasteiger partial charge < -0.3 is 9.72 Å². The Balaban J connectivity index is 1.57. The fraction of sp³-hybridized carbons (Fsp3) is 0.300. The Morgan fingerprint density at radius 1 is 1.26 bits per heavy atom. The number of aromatic nitrogens is 5. The van der Waals surface area contributed by atoms with Gasteiger partial charge in [0.2, 0.25) is 0 Å². The van der Waals surface area contributed by atoms with Gasteiger partial charge in [-0.1, -0.05) is 0 Å². The minimum atomic E-state index is -0.162. The van der Waals surface area contributed by atoms with Crippen molar-refractivity contribution in [2.45, 2.75) is 32.7 Å². The third-order valence-corrected chi connectivity index (χ3v) is 5.29. The fourth-order valence-electron chi connectivity index (χ4n) is 3.49. The number of amides is 1. The Morgan fingerprint density at radius 3 is 2.93 bits per heavy atom. The second-order valence-electron chi connectivity index (χ2n) is 7.28. The van der Waals surface area contributed by atoms with Crippen molar-refractivity contribution >= 4 is 17.2 Å². The molecule has 0 aromatic carbocycles. The number of pyridine rings is 1. The highest BCUT2D eigenvalue weighted by Crippen LogP contribution is 2.32. The Labute approximate surface area is 156 Å². The predicted molar refractivity (Wildman–Crippen MR) is 102 cm³/mol. The van der Waals surface area contributed by atoms with Crippen molar-refractivity contribution in [1.82, 2.24) is 29.1 Å². The molecule has 7 heteroatoms. The molecular weight excluding hydrogens is 340 g/mol. The van der Waals surface area contributed by atoms with Crippen molar-refractivity contribution in [1.29, 1.82) is 0 Å². The summed E-state index contributed by atoms with van der Waals surface area (Å²) in [6.45, 7) is 4.04. The first-order valence-electron chi connectivity index (χ1n) is 9.19.